The first kappa shape index (κ1) is 10.3. The molecule has 0 amide bonds. The Kier molecular flexibility index (Phi) is 2.46. The molecule has 2 nitrogen and oxygen atoms in total. The maximum atomic E-state index is 10.6. The summed E-state index contributed by atoms with van der Waals surface area (Å²) in [6.45, 7) is 1.19. The lowest BCUT2D eigenvalue weighted by Gasteiger charge is -2.32. The fourth-order valence-corrected chi connectivity index (χ4v) is 3.36. The van der Waals surface area contributed by atoms with Crippen molar-refractivity contribution in [1.82, 2.24) is 0 Å². The van der Waals surface area contributed by atoms with Crippen LogP contribution in [-0.2, 0) is 10.3 Å². The van der Waals surface area contributed by atoms with E-state index in [1.165, 1.54) is 10.1 Å². The quantitative estimate of drug-likeness (QED) is 0.822. The highest BCUT2D eigenvalue weighted by Crippen LogP contribution is 2.37. The van der Waals surface area contributed by atoms with E-state index in [2.05, 4.69) is 17.5 Å². The third-order valence-corrected chi connectivity index (χ3v) is 4.16. The normalized spacial score (nSPS) is 26.1. The number of benzene rings is 1. The van der Waals surface area contributed by atoms with Gasteiger partial charge in [0.05, 0.1) is 6.61 Å². The van der Waals surface area contributed by atoms with Crippen molar-refractivity contribution < 1.29 is 9.84 Å². The molecule has 1 atom stereocenters. The Morgan fingerprint density at radius 3 is 3.06 bits per heavy atom. The minimum absolute atomic E-state index is 0.421. The molecule has 2 heterocycles. The summed E-state index contributed by atoms with van der Waals surface area (Å²) in [6, 6.07) is 8.21. The van der Waals surface area contributed by atoms with Crippen molar-refractivity contribution in [2.75, 3.05) is 13.2 Å². The lowest BCUT2D eigenvalue weighted by molar-refractivity contribution is -0.0892. The van der Waals surface area contributed by atoms with Gasteiger partial charge in [-0.3, -0.25) is 0 Å². The first-order valence-electron chi connectivity index (χ1n) is 5.56. The molecule has 0 bridgehead atoms. The van der Waals surface area contributed by atoms with Crippen molar-refractivity contribution in [3.8, 4) is 0 Å². The highest BCUT2D eigenvalue weighted by molar-refractivity contribution is 7.17. The van der Waals surface area contributed by atoms with Gasteiger partial charge in [-0.05, 0) is 29.7 Å². The lowest BCUT2D eigenvalue weighted by Crippen LogP contribution is -2.35. The molecule has 3 rings (SSSR count). The molecule has 1 aliphatic heterocycles. The van der Waals surface area contributed by atoms with Crippen LogP contribution in [0.4, 0.5) is 0 Å². The van der Waals surface area contributed by atoms with Crippen LogP contribution in [-0.4, -0.2) is 18.3 Å². The van der Waals surface area contributed by atoms with Gasteiger partial charge in [0.25, 0.3) is 0 Å². The highest BCUT2D eigenvalue weighted by Gasteiger charge is 2.33. The molecule has 1 aromatic heterocycles. The molecule has 1 N–H and O–H groups in total. The van der Waals surface area contributed by atoms with E-state index in [4.69, 9.17) is 4.74 Å². The second-order valence-corrected chi connectivity index (χ2v) is 5.25. The average molecular weight is 234 g/mol. The van der Waals surface area contributed by atoms with Crippen molar-refractivity contribution in [1.29, 1.82) is 0 Å². The van der Waals surface area contributed by atoms with Gasteiger partial charge < -0.3 is 9.84 Å². The predicted octanol–water partition coefficient (Wildman–Crippen LogP) is 2.90. The predicted molar refractivity (Wildman–Crippen MR) is 65.8 cm³/mol. The Hall–Kier alpha value is -0.900. The number of ether oxygens (including phenoxy) is 1. The molecule has 84 valence electrons. The van der Waals surface area contributed by atoms with E-state index < -0.39 is 5.60 Å². The second-order valence-electron chi connectivity index (χ2n) is 4.33. The third-order valence-electron chi connectivity index (χ3n) is 3.20. The summed E-state index contributed by atoms with van der Waals surface area (Å²) >= 11 is 1.69. The van der Waals surface area contributed by atoms with E-state index in [0.29, 0.717) is 6.61 Å². The molecule has 1 saturated heterocycles. The second kappa shape index (κ2) is 3.84. The number of hydrogen-bond acceptors (Lipinski definition) is 3. The molecule has 1 unspecified atom stereocenters. The zero-order valence-electron chi connectivity index (χ0n) is 8.98. The van der Waals surface area contributed by atoms with Gasteiger partial charge in [0.2, 0.25) is 0 Å². The zero-order valence-corrected chi connectivity index (χ0v) is 9.80. The summed E-state index contributed by atoms with van der Waals surface area (Å²) in [7, 11) is 0. The van der Waals surface area contributed by atoms with Crippen LogP contribution in [0, 0.1) is 0 Å². The van der Waals surface area contributed by atoms with Crippen LogP contribution in [0.1, 0.15) is 18.4 Å². The molecule has 0 saturated carbocycles. The van der Waals surface area contributed by atoms with Gasteiger partial charge in [0.1, 0.15) is 5.60 Å². The summed E-state index contributed by atoms with van der Waals surface area (Å²) < 4.78 is 6.61. The Labute approximate surface area is 98.5 Å². The number of hydrogen-bond donors (Lipinski definition) is 1. The molecule has 0 aliphatic carbocycles. The number of aliphatic hydroxyl groups is 1. The third kappa shape index (κ3) is 1.56. The van der Waals surface area contributed by atoms with Gasteiger partial charge in [-0.15, -0.1) is 11.3 Å². The fraction of sp³-hybridized carbons (Fsp3) is 0.385. The van der Waals surface area contributed by atoms with Crippen LogP contribution in [0.3, 0.4) is 0 Å². The maximum absolute atomic E-state index is 10.6. The smallest absolute Gasteiger partial charge is 0.114 e. The van der Waals surface area contributed by atoms with Crippen LogP contribution in [0.2, 0.25) is 0 Å². The van der Waals surface area contributed by atoms with Gasteiger partial charge >= 0.3 is 0 Å². The van der Waals surface area contributed by atoms with Crippen molar-refractivity contribution in [2.45, 2.75) is 18.4 Å². The zero-order chi connectivity index (χ0) is 11.0. The SMILES string of the molecule is OC1(c2cccc3ccsc23)CCCOC1. The van der Waals surface area contributed by atoms with Gasteiger partial charge in [0, 0.05) is 16.9 Å². The molecule has 3 heteroatoms. The Balaban J connectivity index is 2.13. The number of thiophene rings is 1. The standard InChI is InChI=1S/C13H14O2S/c14-13(6-2-7-15-9-13)11-4-1-3-10-5-8-16-12(10)11/h1,3-5,8,14H,2,6-7,9H2. The first-order valence-corrected chi connectivity index (χ1v) is 6.44. The molecule has 2 aromatic rings. The number of rotatable bonds is 1. The largest absolute Gasteiger partial charge is 0.383 e. The van der Waals surface area contributed by atoms with Crippen LogP contribution in [0.5, 0.6) is 0 Å². The summed E-state index contributed by atoms with van der Waals surface area (Å²) in [5, 5.41) is 13.9. The van der Waals surface area contributed by atoms with E-state index in [9.17, 15) is 5.11 Å². The summed E-state index contributed by atoms with van der Waals surface area (Å²) in [5.74, 6) is 0. The van der Waals surface area contributed by atoms with E-state index in [0.717, 1.165) is 25.0 Å². The first-order chi connectivity index (χ1) is 7.80. The van der Waals surface area contributed by atoms with Crippen molar-refractivity contribution >= 4 is 21.4 Å². The Morgan fingerprint density at radius 1 is 1.31 bits per heavy atom. The van der Waals surface area contributed by atoms with Gasteiger partial charge in [-0.25, -0.2) is 0 Å². The van der Waals surface area contributed by atoms with Crippen LogP contribution < -0.4 is 0 Å². The lowest BCUT2D eigenvalue weighted by atomic mass is 9.88. The van der Waals surface area contributed by atoms with E-state index >= 15 is 0 Å². The molecular formula is C13H14O2S. The Morgan fingerprint density at radius 2 is 2.25 bits per heavy atom. The van der Waals surface area contributed by atoms with Crippen LogP contribution in [0.25, 0.3) is 10.1 Å². The molecule has 0 radical (unpaired) electrons. The maximum Gasteiger partial charge on any atom is 0.114 e. The van der Waals surface area contributed by atoms with Crippen molar-refractivity contribution in [3.05, 3.63) is 35.2 Å². The average Bonchev–Trinajstić information content (AvgIpc) is 2.77. The summed E-state index contributed by atoms with van der Waals surface area (Å²) in [5.41, 5.74) is 0.238. The van der Waals surface area contributed by atoms with Crippen LogP contribution in [0.15, 0.2) is 29.6 Å². The molecule has 1 fully saturated rings. The summed E-state index contributed by atoms with van der Waals surface area (Å²) in [6.07, 6.45) is 1.72. The Bertz CT molecular complexity index is 497. The molecule has 16 heavy (non-hydrogen) atoms. The highest BCUT2D eigenvalue weighted by atomic mass is 32.1. The fourth-order valence-electron chi connectivity index (χ4n) is 2.35. The van der Waals surface area contributed by atoms with E-state index in [-0.39, 0.29) is 0 Å². The van der Waals surface area contributed by atoms with Crippen molar-refractivity contribution in [2.24, 2.45) is 0 Å². The van der Waals surface area contributed by atoms with Gasteiger partial charge in [-0.1, -0.05) is 18.2 Å². The van der Waals surface area contributed by atoms with Gasteiger partial charge in [-0.2, -0.15) is 0 Å². The minimum atomic E-state index is -0.789. The minimum Gasteiger partial charge on any atom is -0.383 e. The molecule has 1 aliphatic rings. The van der Waals surface area contributed by atoms with E-state index in [1.54, 1.807) is 11.3 Å². The number of fused-ring (bicyclic) bond motifs is 1. The monoisotopic (exact) mass is 234 g/mol. The molecule has 0 spiro atoms. The molecule has 1 aromatic carbocycles. The topological polar surface area (TPSA) is 29.5 Å². The summed E-state index contributed by atoms with van der Waals surface area (Å²) in [4.78, 5) is 0. The molecular weight excluding hydrogens is 220 g/mol. The van der Waals surface area contributed by atoms with E-state index in [1.807, 2.05) is 12.1 Å². The van der Waals surface area contributed by atoms with Crippen molar-refractivity contribution in [3.63, 3.8) is 0 Å². The van der Waals surface area contributed by atoms with Crippen LogP contribution >= 0.6 is 11.3 Å². The van der Waals surface area contributed by atoms with Gasteiger partial charge in [0.15, 0.2) is 0 Å².